The second-order valence-electron chi connectivity index (χ2n) is 8.11. The average Bonchev–Trinajstić information content (AvgIpc) is 3.15. The van der Waals surface area contributed by atoms with E-state index < -0.39 is 17.8 Å². The van der Waals surface area contributed by atoms with Gasteiger partial charge in [0, 0.05) is 36.7 Å². The zero-order valence-electron chi connectivity index (χ0n) is 18.8. The molecular formula is C26H23F3N4O2. The summed E-state index contributed by atoms with van der Waals surface area (Å²) in [5.41, 5.74) is 15.1. The van der Waals surface area contributed by atoms with Crippen molar-refractivity contribution in [3.05, 3.63) is 106 Å². The number of nitrogens with zero attached hydrogens (tertiary/aromatic N) is 2. The lowest BCUT2D eigenvalue weighted by Gasteiger charge is -2.16. The van der Waals surface area contributed by atoms with Gasteiger partial charge in [0.25, 0.3) is 12.3 Å². The number of allylic oxidation sites excluding steroid dienone is 3. The van der Waals surface area contributed by atoms with Gasteiger partial charge in [0.05, 0.1) is 0 Å². The topological polar surface area (TPSA) is 94.5 Å². The van der Waals surface area contributed by atoms with E-state index in [9.17, 15) is 18.0 Å². The predicted octanol–water partition coefficient (Wildman–Crippen LogP) is 5.27. The lowest BCUT2D eigenvalue weighted by atomic mass is 10.0. The highest BCUT2D eigenvalue weighted by molar-refractivity contribution is 6.00. The Hall–Kier alpha value is -4.27. The molecule has 0 fully saturated rings. The molecule has 0 aliphatic carbocycles. The Morgan fingerprint density at radius 1 is 1.20 bits per heavy atom. The van der Waals surface area contributed by atoms with Crippen LogP contribution in [0.3, 0.4) is 0 Å². The number of pyridine rings is 1. The zero-order valence-corrected chi connectivity index (χ0v) is 18.8. The van der Waals surface area contributed by atoms with Crippen LogP contribution in [0.4, 0.5) is 13.2 Å². The Kier molecular flexibility index (Phi) is 6.77. The number of nitrogens with two attached hydrogens (primary N) is 2. The minimum absolute atomic E-state index is 0.0734. The number of fused-ring (bicyclic) bond motifs is 1. The molecule has 1 aliphatic rings. The number of halogens is 3. The largest absolute Gasteiger partial charge is 0.435 e. The molecular weight excluding hydrogens is 457 g/mol. The SMILES string of the molecule is C/C(N)=C/C(=C\N)c1ccc(CN2Cc3ccnc(Oc4ccc(C(F)F)cc4F)c3C2=O)cc1. The quantitative estimate of drug-likeness (QED) is 0.450. The van der Waals surface area contributed by atoms with Crippen molar-refractivity contribution in [2.75, 3.05) is 0 Å². The average molecular weight is 480 g/mol. The van der Waals surface area contributed by atoms with Crippen molar-refractivity contribution < 1.29 is 22.7 Å². The van der Waals surface area contributed by atoms with Crippen LogP contribution in [0.2, 0.25) is 0 Å². The number of benzene rings is 2. The Bertz CT molecular complexity index is 1320. The molecule has 1 amide bonds. The van der Waals surface area contributed by atoms with Crippen LogP contribution in [0.15, 0.2) is 72.7 Å². The first-order valence-corrected chi connectivity index (χ1v) is 10.7. The molecule has 35 heavy (non-hydrogen) atoms. The maximum absolute atomic E-state index is 14.3. The smallest absolute Gasteiger partial charge is 0.263 e. The molecule has 6 nitrogen and oxygen atoms in total. The molecule has 0 atom stereocenters. The van der Waals surface area contributed by atoms with Crippen molar-refractivity contribution in [3.63, 3.8) is 0 Å². The van der Waals surface area contributed by atoms with E-state index in [1.54, 1.807) is 24.0 Å². The van der Waals surface area contributed by atoms with Gasteiger partial charge in [-0.3, -0.25) is 4.79 Å². The van der Waals surface area contributed by atoms with Crippen molar-refractivity contribution in [2.24, 2.45) is 11.5 Å². The molecule has 0 unspecified atom stereocenters. The highest BCUT2D eigenvalue weighted by Gasteiger charge is 2.32. The monoisotopic (exact) mass is 480 g/mol. The van der Waals surface area contributed by atoms with Gasteiger partial charge in [-0.25, -0.2) is 18.2 Å². The molecule has 0 bridgehead atoms. The van der Waals surface area contributed by atoms with E-state index >= 15 is 0 Å². The third-order valence-corrected chi connectivity index (χ3v) is 5.50. The predicted molar refractivity (Wildman–Crippen MR) is 126 cm³/mol. The fraction of sp³-hybridized carbons (Fsp3) is 0.154. The van der Waals surface area contributed by atoms with Gasteiger partial charge in [-0.15, -0.1) is 0 Å². The Balaban J connectivity index is 1.52. The third-order valence-electron chi connectivity index (χ3n) is 5.50. The molecule has 9 heteroatoms. The van der Waals surface area contributed by atoms with Crippen molar-refractivity contribution in [1.29, 1.82) is 0 Å². The molecule has 0 spiro atoms. The number of ether oxygens (including phenoxy) is 1. The number of alkyl halides is 2. The highest BCUT2D eigenvalue weighted by atomic mass is 19.3. The standard InChI is InChI=1S/C26H23F3N4O2/c1-15(31)10-20(12-30)17-4-2-16(3-5-17)13-33-14-19-8-9-32-25(23(19)26(33)34)35-22-7-6-18(24(28)29)11-21(22)27/h2-12,24H,13-14,30-31H2,1H3/b15-10-,20-12+. The second kappa shape index (κ2) is 9.92. The first-order valence-electron chi connectivity index (χ1n) is 10.7. The van der Waals surface area contributed by atoms with Gasteiger partial charge in [0.2, 0.25) is 5.88 Å². The van der Waals surface area contributed by atoms with Gasteiger partial charge in [0.1, 0.15) is 5.56 Å². The summed E-state index contributed by atoms with van der Waals surface area (Å²) >= 11 is 0. The Morgan fingerprint density at radius 3 is 2.57 bits per heavy atom. The molecule has 0 saturated heterocycles. The molecule has 1 aliphatic heterocycles. The van der Waals surface area contributed by atoms with E-state index in [0.717, 1.165) is 28.8 Å². The number of hydrogen-bond donors (Lipinski definition) is 2. The maximum Gasteiger partial charge on any atom is 0.263 e. The molecule has 3 aromatic rings. The van der Waals surface area contributed by atoms with Crippen LogP contribution in [-0.4, -0.2) is 15.8 Å². The van der Waals surface area contributed by atoms with Crippen LogP contribution in [-0.2, 0) is 13.1 Å². The van der Waals surface area contributed by atoms with E-state index in [2.05, 4.69) is 4.98 Å². The molecule has 2 aromatic carbocycles. The van der Waals surface area contributed by atoms with E-state index in [1.165, 1.54) is 12.4 Å². The van der Waals surface area contributed by atoms with Crippen molar-refractivity contribution in [3.8, 4) is 11.6 Å². The molecule has 2 heterocycles. The number of rotatable bonds is 7. The van der Waals surface area contributed by atoms with E-state index in [4.69, 9.17) is 16.2 Å². The third kappa shape index (κ3) is 5.13. The molecule has 180 valence electrons. The normalized spacial score (nSPS) is 14.0. The van der Waals surface area contributed by atoms with Gasteiger partial charge in [-0.1, -0.05) is 24.3 Å². The number of aromatic nitrogens is 1. The minimum atomic E-state index is -2.80. The molecule has 0 saturated carbocycles. The Labute approximate surface area is 200 Å². The van der Waals surface area contributed by atoms with Gasteiger partial charge >= 0.3 is 0 Å². The summed E-state index contributed by atoms with van der Waals surface area (Å²) in [6.45, 7) is 2.43. The second-order valence-corrected chi connectivity index (χ2v) is 8.11. The van der Waals surface area contributed by atoms with Crippen LogP contribution in [0.5, 0.6) is 11.6 Å². The van der Waals surface area contributed by atoms with Crippen molar-refractivity contribution in [1.82, 2.24) is 9.88 Å². The number of carbonyl (C=O) groups excluding carboxylic acids is 1. The first-order chi connectivity index (χ1) is 16.8. The van der Waals surface area contributed by atoms with Gasteiger partial charge < -0.3 is 21.1 Å². The molecule has 4 N–H and O–H groups in total. The lowest BCUT2D eigenvalue weighted by Crippen LogP contribution is -2.23. The zero-order chi connectivity index (χ0) is 25.1. The van der Waals surface area contributed by atoms with Crippen molar-refractivity contribution in [2.45, 2.75) is 26.4 Å². The number of amides is 1. The van der Waals surface area contributed by atoms with Crippen LogP contribution in [0.1, 0.15) is 46.0 Å². The first kappa shape index (κ1) is 23.9. The van der Waals surface area contributed by atoms with Crippen molar-refractivity contribution >= 4 is 11.5 Å². The van der Waals surface area contributed by atoms with E-state index in [0.29, 0.717) is 30.4 Å². The number of hydrogen-bond acceptors (Lipinski definition) is 5. The van der Waals surface area contributed by atoms with Gasteiger partial charge in [-0.2, -0.15) is 0 Å². The van der Waals surface area contributed by atoms with E-state index in [-0.39, 0.29) is 23.1 Å². The summed E-state index contributed by atoms with van der Waals surface area (Å²) in [6.07, 6.45) is 1.90. The fourth-order valence-electron chi connectivity index (χ4n) is 3.82. The Morgan fingerprint density at radius 2 is 1.94 bits per heavy atom. The summed E-state index contributed by atoms with van der Waals surface area (Å²) in [5.74, 6) is -1.64. The molecule has 4 rings (SSSR count). The summed E-state index contributed by atoms with van der Waals surface area (Å²) in [7, 11) is 0. The van der Waals surface area contributed by atoms with E-state index in [1.807, 2.05) is 24.3 Å². The number of carbonyl (C=O) groups is 1. The van der Waals surface area contributed by atoms with Crippen LogP contribution in [0, 0.1) is 5.82 Å². The summed E-state index contributed by atoms with van der Waals surface area (Å²) in [4.78, 5) is 18.8. The fourth-order valence-corrected chi connectivity index (χ4v) is 3.82. The summed E-state index contributed by atoms with van der Waals surface area (Å²) in [5, 5.41) is 0. The summed E-state index contributed by atoms with van der Waals surface area (Å²) in [6, 6.07) is 12.1. The van der Waals surface area contributed by atoms with Crippen LogP contribution >= 0.6 is 0 Å². The lowest BCUT2D eigenvalue weighted by molar-refractivity contribution is 0.0764. The maximum atomic E-state index is 14.3. The van der Waals surface area contributed by atoms with Gasteiger partial charge in [-0.05, 0) is 59.5 Å². The van der Waals surface area contributed by atoms with Crippen LogP contribution < -0.4 is 16.2 Å². The van der Waals surface area contributed by atoms with Crippen LogP contribution in [0.25, 0.3) is 5.57 Å². The van der Waals surface area contributed by atoms with Gasteiger partial charge in [0.15, 0.2) is 11.6 Å². The molecule has 1 aromatic heterocycles. The minimum Gasteiger partial charge on any atom is -0.435 e. The molecule has 0 radical (unpaired) electrons. The highest BCUT2D eigenvalue weighted by Crippen LogP contribution is 2.34. The summed E-state index contributed by atoms with van der Waals surface area (Å²) < 4.78 is 45.4.